The molecule has 1 heterocycles. The Hall–Kier alpha value is -3.04. The van der Waals surface area contributed by atoms with Gasteiger partial charge in [0.2, 0.25) is 0 Å². The number of nitrogens with one attached hydrogen (secondary N) is 1. The zero-order valence-corrected chi connectivity index (χ0v) is 14.9. The molecule has 0 aliphatic carbocycles. The predicted octanol–water partition coefficient (Wildman–Crippen LogP) is 3.80. The fourth-order valence-electron chi connectivity index (χ4n) is 2.19. The second-order valence-electron chi connectivity index (χ2n) is 5.28. The molecule has 10 heteroatoms. The average Bonchev–Trinajstić information content (AvgIpc) is 3.03. The van der Waals surface area contributed by atoms with E-state index in [0.717, 1.165) is 23.5 Å². The van der Waals surface area contributed by atoms with E-state index in [-0.39, 0.29) is 31.9 Å². The first kappa shape index (κ1) is 18.7. The first-order valence-corrected chi connectivity index (χ1v) is 8.52. The standard InChI is InChI=1S/C17H10ClF2N3O3S/c18-9-5-7(6-11(20)13(9)24)15(26)23-17-12(14(21)25)22-16(27-17)8-3-1-2-4-10(8)19/h1-6,24H,(H2,21,25)(H,23,26). The Morgan fingerprint density at radius 1 is 1.19 bits per heavy atom. The summed E-state index contributed by atoms with van der Waals surface area (Å²) in [5.41, 5.74) is 4.93. The van der Waals surface area contributed by atoms with Crippen LogP contribution < -0.4 is 11.1 Å². The molecule has 27 heavy (non-hydrogen) atoms. The van der Waals surface area contributed by atoms with Crippen molar-refractivity contribution in [2.75, 3.05) is 5.32 Å². The highest BCUT2D eigenvalue weighted by molar-refractivity contribution is 7.19. The molecule has 2 amide bonds. The van der Waals surface area contributed by atoms with Crippen molar-refractivity contribution in [3.63, 3.8) is 0 Å². The maximum absolute atomic E-state index is 14.0. The van der Waals surface area contributed by atoms with E-state index >= 15 is 0 Å². The molecule has 0 saturated carbocycles. The van der Waals surface area contributed by atoms with Gasteiger partial charge in [0.25, 0.3) is 11.8 Å². The van der Waals surface area contributed by atoms with E-state index in [1.807, 2.05) is 0 Å². The van der Waals surface area contributed by atoms with E-state index in [1.54, 1.807) is 6.07 Å². The van der Waals surface area contributed by atoms with Crippen molar-refractivity contribution >= 4 is 39.8 Å². The van der Waals surface area contributed by atoms with Crippen LogP contribution in [0, 0.1) is 11.6 Å². The number of primary amides is 1. The van der Waals surface area contributed by atoms with Gasteiger partial charge in [-0.3, -0.25) is 9.59 Å². The molecule has 0 spiro atoms. The zero-order chi connectivity index (χ0) is 19.7. The third kappa shape index (κ3) is 3.74. The predicted molar refractivity (Wildman–Crippen MR) is 97.1 cm³/mol. The first-order valence-electron chi connectivity index (χ1n) is 7.32. The number of carbonyl (C=O) groups is 2. The summed E-state index contributed by atoms with van der Waals surface area (Å²) >= 11 is 6.48. The third-order valence-corrected chi connectivity index (χ3v) is 4.76. The van der Waals surface area contributed by atoms with Gasteiger partial charge in [0.05, 0.1) is 5.02 Å². The Balaban J connectivity index is 1.98. The fraction of sp³-hybridized carbons (Fsp3) is 0. The van der Waals surface area contributed by atoms with Crippen molar-refractivity contribution in [3.05, 3.63) is 64.3 Å². The number of benzene rings is 2. The lowest BCUT2D eigenvalue weighted by molar-refractivity contribution is 0.0997. The first-order chi connectivity index (χ1) is 12.8. The van der Waals surface area contributed by atoms with Gasteiger partial charge in [-0.15, -0.1) is 0 Å². The van der Waals surface area contributed by atoms with Crippen LogP contribution in [0.15, 0.2) is 36.4 Å². The van der Waals surface area contributed by atoms with E-state index < -0.39 is 29.2 Å². The number of nitrogens with zero attached hydrogens (tertiary/aromatic N) is 1. The van der Waals surface area contributed by atoms with Gasteiger partial charge in [-0.25, -0.2) is 13.8 Å². The van der Waals surface area contributed by atoms with Gasteiger partial charge in [-0.2, -0.15) is 0 Å². The van der Waals surface area contributed by atoms with Crippen molar-refractivity contribution in [1.29, 1.82) is 0 Å². The Morgan fingerprint density at radius 3 is 2.52 bits per heavy atom. The average molecular weight is 410 g/mol. The number of amides is 2. The molecule has 3 aromatic rings. The number of thiazole rings is 1. The molecule has 4 N–H and O–H groups in total. The van der Waals surface area contributed by atoms with Crippen LogP contribution in [0.2, 0.25) is 5.02 Å². The van der Waals surface area contributed by atoms with Crippen molar-refractivity contribution in [3.8, 4) is 16.3 Å². The van der Waals surface area contributed by atoms with E-state index in [2.05, 4.69) is 10.3 Å². The topological polar surface area (TPSA) is 105 Å². The Labute approximate surface area is 160 Å². The minimum atomic E-state index is -1.08. The number of nitrogens with two attached hydrogens (primary N) is 1. The van der Waals surface area contributed by atoms with E-state index in [0.29, 0.717) is 0 Å². The monoisotopic (exact) mass is 409 g/mol. The molecular formula is C17H10ClF2N3O3S. The maximum atomic E-state index is 14.0. The number of hydrogen-bond acceptors (Lipinski definition) is 5. The second-order valence-corrected chi connectivity index (χ2v) is 6.69. The molecule has 0 bridgehead atoms. The lowest BCUT2D eigenvalue weighted by Gasteiger charge is -2.06. The van der Waals surface area contributed by atoms with Gasteiger partial charge in [0.15, 0.2) is 17.3 Å². The van der Waals surface area contributed by atoms with Crippen LogP contribution in [0.4, 0.5) is 13.8 Å². The molecule has 0 atom stereocenters. The summed E-state index contributed by atoms with van der Waals surface area (Å²) in [6.45, 7) is 0. The number of phenols is 1. The SMILES string of the molecule is NC(=O)c1nc(-c2ccccc2F)sc1NC(=O)c1cc(F)c(O)c(Cl)c1. The number of hydrogen-bond donors (Lipinski definition) is 3. The van der Waals surface area contributed by atoms with Crippen molar-refractivity contribution < 1.29 is 23.5 Å². The highest BCUT2D eigenvalue weighted by Gasteiger charge is 2.21. The number of halogens is 3. The summed E-state index contributed by atoms with van der Waals surface area (Å²) in [6, 6.07) is 7.59. The highest BCUT2D eigenvalue weighted by atomic mass is 35.5. The molecule has 138 valence electrons. The lowest BCUT2D eigenvalue weighted by Crippen LogP contribution is -2.17. The molecule has 0 aliphatic rings. The summed E-state index contributed by atoms with van der Waals surface area (Å²) in [4.78, 5) is 28.0. The summed E-state index contributed by atoms with van der Waals surface area (Å²) in [6.07, 6.45) is 0. The minimum absolute atomic E-state index is 0.0321. The number of carbonyl (C=O) groups excluding carboxylic acids is 2. The number of aromatic hydroxyl groups is 1. The van der Waals surface area contributed by atoms with Gasteiger partial charge in [-0.1, -0.05) is 35.1 Å². The fourth-order valence-corrected chi connectivity index (χ4v) is 3.39. The molecule has 3 rings (SSSR count). The third-order valence-electron chi connectivity index (χ3n) is 3.47. The van der Waals surface area contributed by atoms with Gasteiger partial charge in [-0.05, 0) is 24.3 Å². The molecule has 0 fully saturated rings. The number of aromatic nitrogens is 1. The quantitative estimate of drug-likeness (QED) is 0.609. The number of rotatable bonds is 4. The Bertz CT molecular complexity index is 1050. The maximum Gasteiger partial charge on any atom is 0.270 e. The van der Waals surface area contributed by atoms with E-state index in [4.69, 9.17) is 17.3 Å². The Morgan fingerprint density at radius 2 is 1.89 bits per heavy atom. The molecule has 0 unspecified atom stereocenters. The molecule has 2 aromatic carbocycles. The largest absolute Gasteiger partial charge is 0.504 e. The highest BCUT2D eigenvalue weighted by Crippen LogP contribution is 2.34. The summed E-state index contributed by atoms with van der Waals surface area (Å²) in [5.74, 6) is -4.18. The summed E-state index contributed by atoms with van der Waals surface area (Å²) in [7, 11) is 0. The zero-order valence-electron chi connectivity index (χ0n) is 13.3. The molecule has 6 nitrogen and oxygen atoms in total. The number of anilines is 1. The van der Waals surface area contributed by atoms with Gasteiger partial charge in [0, 0.05) is 11.1 Å². The summed E-state index contributed by atoms with van der Waals surface area (Å²) in [5, 5.41) is 11.5. The van der Waals surface area contributed by atoms with Gasteiger partial charge < -0.3 is 16.2 Å². The molecule has 0 aliphatic heterocycles. The second kappa shape index (κ2) is 7.29. The van der Waals surface area contributed by atoms with E-state index in [1.165, 1.54) is 18.2 Å². The van der Waals surface area contributed by atoms with E-state index in [9.17, 15) is 23.5 Å². The van der Waals surface area contributed by atoms with Crippen molar-refractivity contribution in [2.45, 2.75) is 0 Å². The van der Waals surface area contributed by atoms with Gasteiger partial charge in [0.1, 0.15) is 15.8 Å². The minimum Gasteiger partial charge on any atom is -0.504 e. The normalized spacial score (nSPS) is 10.6. The van der Waals surface area contributed by atoms with Crippen LogP contribution >= 0.6 is 22.9 Å². The van der Waals surface area contributed by atoms with Crippen LogP contribution in [0.3, 0.4) is 0 Å². The van der Waals surface area contributed by atoms with Crippen LogP contribution in [0.25, 0.3) is 10.6 Å². The van der Waals surface area contributed by atoms with Gasteiger partial charge >= 0.3 is 0 Å². The van der Waals surface area contributed by atoms with Crippen molar-refractivity contribution in [2.24, 2.45) is 5.73 Å². The molecule has 0 radical (unpaired) electrons. The smallest absolute Gasteiger partial charge is 0.270 e. The Kier molecular flexibility index (Phi) is 5.06. The molecule has 1 aromatic heterocycles. The van der Waals surface area contributed by atoms with Crippen LogP contribution in [0.5, 0.6) is 5.75 Å². The van der Waals surface area contributed by atoms with Crippen molar-refractivity contribution in [1.82, 2.24) is 4.98 Å². The molecule has 0 saturated heterocycles. The molecular weight excluding hydrogens is 400 g/mol. The van der Waals surface area contributed by atoms with Crippen LogP contribution in [-0.4, -0.2) is 21.9 Å². The van der Waals surface area contributed by atoms with Crippen LogP contribution in [-0.2, 0) is 0 Å². The lowest BCUT2D eigenvalue weighted by atomic mass is 10.2. The number of phenolic OH excluding ortho intramolecular Hbond substituents is 1. The van der Waals surface area contributed by atoms with Crippen LogP contribution in [0.1, 0.15) is 20.8 Å². The summed E-state index contributed by atoms with van der Waals surface area (Å²) < 4.78 is 27.5.